The van der Waals surface area contributed by atoms with Gasteiger partial charge in [0.1, 0.15) is 17.2 Å². The maximum absolute atomic E-state index is 5.62. The summed E-state index contributed by atoms with van der Waals surface area (Å²) in [4.78, 5) is 16.6. The van der Waals surface area contributed by atoms with Gasteiger partial charge < -0.3 is 14.2 Å². The van der Waals surface area contributed by atoms with E-state index in [0.29, 0.717) is 17.4 Å². The predicted octanol–water partition coefficient (Wildman–Crippen LogP) is 5.52. The molecule has 1 saturated heterocycles. The van der Waals surface area contributed by atoms with Crippen LogP contribution in [0.2, 0.25) is 0 Å². The highest BCUT2D eigenvalue weighted by molar-refractivity contribution is 9.10. The van der Waals surface area contributed by atoms with E-state index in [4.69, 9.17) is 19.8 Å². The molecule has 2 aliphatic heterocycles. The van der Waals surface area contributed by atoms with Crippen molar-refractivity contribution in [1.82, 2.24) is 29.3 Å². The van der Waals surface area contributed by atoms with E-state index in [1.807, 2.05) is 29.8 Å². The van der Waals surface area contributed by atoms with E-state index >= 15 is 0 Å². The number of hydrogen-bond donors (Lipinski definition) is 0. The standard InChI is InChI=1S/C27H30BrN7O/c1-18-16-34(17-29-18)24-11-10-23(30-27(24)36-2)25-31-26-20(7-6-14-35(26)32-25)21-15-19(8-9-22(21)28)33-12-4-3-5-13-33/h8-11,15-17,20H,3-7,12-14H2,1-2H3/t20-/m0/s1. The molecule has 5 heterocycles. The Labute approximate surface area is 219 Å². The summed E-state index contributed by atoms with van der Waals surface area (Å²) in [6.07, 6.45) is 9.70. The van der Waals surface area contributed by atoms with Crippen LogP contribution >= 0.6 is 15.9 Å². The summed E-state index contributed by atoms with van der Waals surface area (Å²) in [6, 6.07) is 10.7. The van der Waals surface area contributed by atoms with Crippen molar-refractivity contribution in [1.29, 1.82) is 0 Å². The molecule has 6 rings (SSSR count). The molecule has 0 bridgehead atoms. The number of nitrogens with zero attached hydrogens (tertiary/aromatic N) is 7. The molecule has 0 spiro atoms. The molecule has 1 aromatic carbocycles. The van der Waals surface area contributed by atoms with E-state index in [2.05, 4.69) is 48.7 Å². The Balaban J connectivity index is 1.34. The number of methoxy groups -OCH3 is 1. The number of anilines is 1. The molecule has 3 aromatic heterocycles. The number of aryl methyl sites for hydroxylation is 2. The Morgan fingerprint density at radius 2 is 1.86 bits per heavy atom. The van der Waals surface area contributed by atoms with E-state index < -0.39 is 0 Å². The minimum atomic E-state index is 0.189. The molecule has 186 valence electrons. The second kappa shape index (κ2) is 9.69. The molecule has 1 fully saturated rings. The van der Waals surface area contributed by atoms with E-state index in [0.717, 1.165) is 54.2 Å². The van der Waals surface area contributed by atoms with E-state index in [1.54, 1.807) is 13.4 Å². The molecule has 9 heteroatoms. The quantitative estimate of drug-likeness (QED) is 0.327. The SMILES string of the molecule is COc1nc(-c2nc3n(n2)CCC[C@H]3c2cc(N3CCCCC3)ccc2Br)ccc1-n1cnc(C)c1. The average molecular weight is 548 g/mol. The molecule has 0 saturated carbocycles. The molecule has 0 amide bonds. The normalized spacial score (nSPS) is 17.8. The number of halogens is 1. The van der Waals surface area contributed by atoms with Crippen LogP contribution < -0.4 is 9.64 Å². The van der Waals surface area contributed by atoms with Gasteiger partial charge in [0, 0.05) is 41.9 Å². The number of benzene rings is 1. The molecule has 0 N–H and O–H groups in total. The molecular weight excluding hydrogens is 518 g/mol. The van der Waals surface area contributed by atoms with Crippen LogP contribution in [0.1, 0.15) is 55.1 Å². The van der Waals surface area contributed by atoms with Crippen molar-refractivity contribution < 1.29 is 4.74 Å². The zero-order chi connectivity index (χ0) is 24.6. The molecule has 2 aliphatic rings. The number of pyridine rings is 1. The van der Waals surface area contributed by atoms with Crippen LogP contribution in [-0.4, -0.2) is 49.5 Å². The predicted molar refractivity (Wildman–Crippen MR) is 143 cm³/mol. The molecule has 8 nitrogen and oxygen atoms in total. The zero-order valence-electron chi connectivity index (χ0n) is 20.7. The summed E-state index contributed by atoms with van der Waals surface area (Å²) in [5.74, 6) is 2.34. The summed E-state index contributed by atoms with van der Waals surface area (Å²) < 4.78 is 10.7. The maximum Gasteiger partial charge on any atom is 0.238 e. The van der Waals surface area contributed by atoms with Gasteiger partial charge in [0.05, 0.1) is 19.1 Å². The topological polar surface area (TPSA) is 73.9 Å². The Morgan fingerprint density at radius 3 is 2.64 bits per heavy atom. The number of piperidine rings is 1. The monoisotopic (exact) mass is 547 g/mol. The van der Waals surface area contributed by atoms with Crippen molar-refractivity contribution in [2.75, 3.05) is 25.1 Å². The summed E-state index contributed by atoms with van der Waals surface area (Å²) in [6.45, 7) is 5.09. The Bertz CT molecular complexity index is 1390. The Hall–Kier alpha value is -3.20. The molecular formula is C27H30BrN7O. The lowest BCUT2D eigenvalue weighted by atomic mass is 9.90. The van der Waals surface area contributed by atoms with E-state index in [9.17, 15) is 0 Å². The van der Waals surface area contributed by atoms with Gasteiger partial charge in [0.2, 0.25) is 5.88 Å². The first kappa shape index (κ1) is 23.2. The van der Waals surface area contributed by atoms with Gasteiger partial charge in [0.15, 0.2) is 5.82 Å². The van der Waals surface area contributed by atoms with Crippen LogP contribution in [0, 0.1) is 6.92 Å². The fraction of sp³-hybridized carbons (Fsp3) is 0.407. The third-order valence-electron chi connectivity index (χ3n) is 7.20. The second-order valence-electron chi connectivity index (χ2n) is 9.61. The van der Waals surface area contributed by atoms with Crippen LogP contribution in [0.25, 0.3) is 17.2 Å². The third-order valence-corrected chi connectivity index (χ3v) is 7.93. The van der Waals surface area contributed by atoms with Gasteiger partial charge in [0.25, 0.3) is 0 Å². The van der Waals surface area contributed by atoms with E-state index in [1.165, 1.54) is 30.5 Å². The minimum absolute atomic E-state index is 0.189. The van der Waals surface area contributed by atoms with Gasteiger partial charge in [-0.05, 0) is 74.9 Å². The minimum Gasteiger partial charge on any atom is -0.479 e. The van der Waals surface area contributed by atoms with Crippen LogP contribution in [0.5, 0.6) is 5.88 Å². The fourth-order valence-corrected chi connectivity index (χ4v) is 5.88. The van der Waals surface area contributed by atoms with Crippen molar-refractivity contribution in [3.63, 3.8) is 0 Å². The van der Waals surface area contributed by atoms with Gasteiger partial charge in [-0.3, -0.25) is 0 Å². The highest BCUT2D eigenvalue weighted by atomic mass is 79.9. The van der Waals surface area contributed by atoms with E-state index in [-0.39, 0.29) is 5.92 Å². The van der Waals surface area contributed by atoms with Crippen LogP contribution in [0.3, 0.4) is 0 Å². The van der Waals surface area contributed by atoms with Gasteiger partial charge in [-0.15, -0.1) is 5.10 Å². The zero-order valence-corrected chi connectivity index (χ0v) is 22.3. The fourth-order valence-electron chi connectivity index (χ4n) is 5.36. The first-order chi connectivity index (χ1) is 17.6. The average Bonchev–Trinajstić information content (AvgIpc) is 3.55. The van der Waals surface area contributed by atoms with Gasteiger partial charge in [-0.1, -0.05) is 15.9 Å². The number of imidazole rings is 1. The van der Waals surface area contributed by atoms with Crippen molar-refractivity contribution in [2.24, 2.45) is 0 Å². The van der Waals surface area contributed by atoms with Gasteiger partial charge in [-0.25, -0.2) is 19.6 Å². The smallest absolute Gasteiger partial charge is 0.238 e. The number of ether oxygens (including phenoxy) is 1. The van der Waals surface area contributed by atoms with Crippen LogP contribution in [0.15, 0.2) is 47.3 Å². The number of hydrogen-bond acceptors (Lipinski definition) is 6. The maximum atomic E-state index is 5.62. The van der Waals surface area contributed by atoms with Crippen LogP contribution in [-0.2, 0) is 6.54 Å². The highest BCUT2D eigenvalue weighted by Gasteiger charge is 2.29. The van der Waals surface area contributed by atoms with Gasteiger partial charge in [-0.2, -0.15) is 0 Å². The molecule has 0 radical (unpaired) electrons. The van der Waals surface area contributed by atoms with Crippen molar-refractivity contribution in [3.05, 3.63) is 64.4 Å². The van der Waals surface area contributed by atoms with Gasteiger partial charge >= 0.3 is 0 Å². The number of fused-ring (bicyclic) bond motifs is 1. The van der Waals surface area contributed by atoms with Crippen molar-refractivity contribution in [2.45, 2.75) is 51.5 Å². The summed E-state index contributed by atoms with van der Waals surface area (Å²) in [5.41, 5.74) is 5.07. The third kappa shape index (κ3) is 4.30. The Morgan fingerprint density at radius 1 is 1.00 bits per heavy atom. The molecule has 0 unspecified atom stereocenters. The van der Waals surface area contributed by atoms with Crippen molar-refractivity contribution >= 4 is 21.6 Å². The Kier molecular flexibility index (Phi) is 6.25. The second-order valence-corrected chi connectivity index (χ2v) is 10.5. The lowest BCUT2D eigenvalue weighted by molar-refractivity contribution is 0.396. The summed E-state index contributed by atoms with van der Waals surface area (Å²) >= 11 is 3.83. The lowest BCUT2D eigenvalue weighted by Crippen LogP contribution is -2.29. The number of rotatable bonds is 5. The molecule has 36 heavy (non-hydrogen) atoms. The highest BCUT2D eigenvalue weighted by Crippen LogP contribution is 2.39. The summed E-state index contributed by atoms with van der Waals surface area (Å²) in [5, 5.41) is 4.86. The first-order valence-corrected chi connectivity index (χ1v) is 13.5. The van der Waals surface area contributed by atoms with Crippen LogP contribution in [0.4, 0.5) is 5.69 Å². The number of aromatic nitrogens is 6. The largest absolute Gasteiger partial charge is 0.479 e. The summed E-state index contributed by atoms with van der Waals surface area (Å²) in [7, 11) is 1.63. The van der Waals surface area contributed by atoms with Crippen molar-refractivity contribution in [3.8, 4) is 23.1 Å². The molecule has 0 aliphatic carbocycles. The first-order valence-electron chi connectivity index (χ1n) is 12.7. The lowest BCUT2D eigenvalue weighted by Gasteiger charge is -2.30. The molecule has 1 atom stereocenters. The molecule has 4 aromatic rings.